The van der Waals surface area contributed by atoms with Gasteiger partial charge in [-0.05, 0) is 40.6 Å². The monoisotopic (exact) mass is 618 g/mol. The number of fused-ring (bicyclic) bond motifs is 7. The van der Waals surface area contributed by atoms with Gasteiger partial charge in [0.2, 0.25) is 0 Å². The quantitative estimate of drug-likeness (QED) is 0.213. The summed E-state index contributed by atoms with van der Waals surface area (Å²) < 4.78 is 12.6. The van der Waals surface area contributed by atoms with Crippen LogP contribution in [-0.2, 0) is 0 Å². The van der Waals surface area contributed by atoms with Crippen LogP contribution in [0.3, 0.4) is 0 Å². The van der Waals surface area contributed by atoms with Crippen molar-refractivity contribution in [3.05, 3.63) is 163 Å². The van der Waals surface area contributed by atoms with Crippen LogP contribution in [0, 0.1) is 0 Å². The average Bonchev–Trinajstić information content (AvgIpc) is 3.72. The SMILES string of the molecule is c1ccc(C2=NC(c3cccc4oc5ccccc5c34)NC(c3ccccc3-c3cncc4oc5cc6ccccc6cc5c34)=N2)cc1. The predicted molar refractivity (Wildman–Crippen MR) is 194 cm³/mol. The third kappa shape index (κ3) is 4.16. The second kappa shape index (κ2) is 10.5. The van der Waals surface area contributed by atoms with E-state index in [4.69, 9.17) is 18.8 Å². The van der Waals surface area contributed by atoms with E-state index in [-0.39, 0.29) is 0 Å². The minimum atomic E-state index is -0.416. The number of benzene rings is 6. The highest BCUT2D eigenvalue weighted by molar-refractivity contribution is 6.20. The summed E-state index contributed by atoms with van der Waals surface area (Å²) in [6.45, 7) is 0. The number of hydrogen-bond acceptors (Lipinski definition) is 6. The molecule has 0 bridgehead atoms. The van der Waals surface area contributed by atoms with Crippen LogP contribution in [0.5, 0.6) is 0 Å². The molecule has 6 nitrogen and oxygen atoms in total. The lowest BCUT2D eigenvalue weighted by atomic mass is 9.95. The van der Waals surface area contributed by atoms with E-state index >= 15 is 0 Å². The van der Waals surface area contributed by atoms with E-state index in [0.717, 1.165) is 88.3 Å². The van der Waals surface area contributed by atoms with E-state index < -0.39 is 6.17 Å². The summed E-state index contributed by atoms with van der Waals surface area (Å²) in [5.74, 6) is 1.38. The van der Waals surface area contributed by atoms with E-state index in [1.54, 1.807) is 6.20 Å². The summed E-state index contributed by atoms with van der Waals surface area (Å²) in [6.07, 6.45) is 3.31. The maximum Gasteiger partial charge on any atom is 0.159 e. The van der Waals surface area contributed by atoms with Gasteiger partial charge in [0.05, 0.1) is 6.20 Å². The van der Waals surface area contributed by atoms with Crippen molar-refractivity contribution in [1.82, 2.24) is 10.3 Å². The van der Waals surface area contributed by atoms with Crippen LogP contribution >= 0.6 is 0 Å². The van der Waals surface area contributed by atoms with E-state index in [9.17, 15) is 0 Å². The minimum Gasteiger partial charge on any atom is -0.456 e. The highest BCUT2D eigenvalue weighted by Gasteiger charge is 2.26. The third-order valence-corrected chi connectivity index (χ3v) is 9.22. The van der Waals surface area contributed by atoms with E-state index in [0.29, 0.717) is 5.84 Å². The first kappa shape index (κ1) is 26.7. The number of rotatable bonds is 4. The van der Waals surface area contributed by atoms with Crippen LogP contribution in [0.2, 0.25) is 0 Å². The first-order valence-corrected chi connectivity index (χ1v) is 16.0. The van der Waals surface area contributed by atoms with Crippen LogP contribution < -0.4 is 5.32 Å². The molecular formula is C42H26N4O2. The molecule has 1 aliphatic heterocycles. The molecule has 0 saturated heterocycles. The summed E-state index contributed by atoms with van der Waals surface area (Å²) in [6, 6.07) is 45.5. The molecule has 1 N–H and O–H groups in total. The Morgan fingerprint density at radius 1 is 0.521 bits per heavy atom. The lowest BCUT2D eigenvalue weighted by Gasteiger charge is -2.25. The molecule has 1 atom stereocenters. The van der Waals surface area contributed by atoms with Gasteiger partial charge in [0.15, 0.2) is 11.4 Å². The van der Waals surface area contributed by atoms with Gasteiger partial charge in [0.1, 0.15) is 28.8 Å². The Labute approximate surface area is 274 Å². The van der Waals surface area contributed by atoms with E-state index in [1.165, 1.54) is 0 Å². The molecule has 0 fully saturated rings. The fraction of sp³-hybridized carbons (Fsp3) is 0.0238. The van der Waals surface area contributed by atoms with Crippen molar-refractivity contribution in [2.45, 2.75) is 6.17 Å². The van der Waals surface area contributed by atoms with E-state index in [1.807, 2.05) is 66.9 Å². The Kier molecular flexibility index (Phi) is 5.84. The standard InChI is InChI=1S/C42H26N4O2/c1-2-11-25(12-3-1)40-44-41(46-42(45-40)31-18-10-20-35-38(31)30-17-8-9-19-34(30)47-35)29-16-7-6-15-28(29)33-23-43-24-37-39(33)32-21-26-13-4-5-14-27(26)22-36(32)48-37/h1-24,42H,(H,44,45,46). The Balaban J connectivity index is 1.18. The molecule has 0 spiro atoms. The highest BCUT2D eigenvalue weighted by atomic mass is 16.3. The zero-order chi connectivity index (χ0) is 31.6. The molecule has 1 unspecified atom stereocenters. The molecule has 6 heteroatoms. The lowest BCUT2D eigenvalue weighted by Crippen LogP contribution is -2.34. The Morgan fingerprint density at radius 2 is 1.25 bits per heavy atom. The van der Waals surface area contributed by atoms with Gasteiger partial charge in [0, 0.05) is 50.0 Å². The molecule has 48 heavy (non-hydrogen) atoms. The van der Waals surface area contributed by atoms with Crippen molar-refractivity contribution < 1.29 is 8.83 Å². The molecule has 0 saturated carbocycles. The number of nitrogens with one attached hydrogen (secondary N) is 1. The fourth-order valence-corrected chi connectivity index (χ4v) is 7.04. The Hall–Kier alpha value is -6.53. The van der Waals surface area contributed by atoms with Gasteiger partial charge in [0.25, 0.3) is 0 Å². The lowest BCUT2D eigenvalue weighted by molar-refractivity contribution is 0.662. The second-order valence-electron chi connectivity index (χ2n) is 12.0. The second-order valence-corrected chi connectivity index (χ2v) is 12.0. The number of aromatic nitrogens is 1. The predicted octanol–water partition coefficient (Wildman–Crippen LogP) is 10.2. The molecule has 1 aliphatic rings. The van der Waals surface area contributed by atoms with Crippen LogP contribution in [0.15, 0.2) is 165 Å². The summed E-state index contributed by atoms with van der Waals surface area (Å²) in [5, 5.41) is 10.2. The molecule has 6 aromatic carbocycles. The largest absolute Gasteiger partial charge is 0.456 e. The van der Waals surface area contributed by atoms with Crippen molar-refractivity contribution in [3.63, 3.8) is 0 Å². The summed E-state index contributed by atoms with van der Waals surface area (Å²) in [5.41, 5.74) is 8.14. The van der Waals surface area contributed by atoms with Crippen LogP contribution in [0.25, 0.3) is 65.8 Å². The normalized spacial score (nSPS) is 14.9. The topological polar surface area (TPSA) is 75.9 Å². The van der Waals surface area contributed by atoms with E-state index in [2.05, 4.69) is 83.1 Å². The van der Waals surface area contributed by atoms with Crippen molar-refractivity contribution in [2.75, 3.05) is 0 Å². The van der Waals surface area contributed by atoms with Crippen LogP contribution in [0.4, 0.5) is 0 Å². The number of amidine groups is 2. The Bertz CT molecular complexity index is 2770. The van der Waals surface area contributed by atoms with Crippen molar-refractivity contribution in [2.24, 2.45) is 9.98 Å². The first-order valence-electron chi connectivity index (χ1n) is 16.0. The summed E-state index contributed by atoms with van der Waals surface area (Å²) in [7, 11) is 0. The fourth-order valence-electron chi connectivity index (χ4n) is 7.04. The zero-order valence-electron chi connectivity index (χ0n) is 25.6. The zero-order valence-corrected chi connectivity index (χ0v) is 25.6. The number of para-hydroxylation sites is 1. The summed E-state index contributed by atoms with van der Waals surface area (Å²) in [4.78, 5) is 15.0. The highest BCUT2D eigenvalue weighted by Crippen LogP contribution is 2.40. The van der Waals surface area contributed by atoms with Gasteiger partial charge in [-0.15, -0.1) is 0 Å². The summed E-state index contributed by atoms with van der Waals surface area (Å²) >= 11 is 0. The molecule has 226 valence electrons. The smallest absolute Gasteiger partial charge is 0.159 e. The maximum absolute atomic E-state index is 6.39. The number of nitrogens with zero attached hydrogens (tertiary/aromatic N) is 3. The van der Waals surface area contributed by atoms with Crippen molar-refractivity contribution in [3.8, 4) is 11.1 Å². The number of furan rings is 2. The Morgan fingerprint density at radius 3 is 2.15 bits per heavy atom. The number of aliphatic imine (C=N–C) groups is 2. The van der Waals surface area contributed by atoms with Crippen molar-refractivity contribution >= 4 is 66.3 Å². The average molecular weight is 619 g/mol. The molecular weight excluding hydrogens is 592 g/mol. The molecule has 0 amide bonds. The number of pyridine rings is 1. The molecule has 0 radical (unpaired) electrons. The molecule has 4 heterocycles. The van der Waals surface area contributed by atoms with Gasteiger partial charge in [-0.3, -0.25) is 4.98 Å². The van der Waals surface area contributed by atoms with Crippen LogP contribution in [-0.4, -0.2) is 16.7 Å². The van der Waals surface area contributed by atoms with Gasteiger partial charge in [-0.2, -0.15) is 0 Å². The van der Waals surface area contributed by atoms with Crippen LogP contribution in [0.1, 0.15) is 22.9 Å². The van der Waals surface area contributed by atoms with Gasteiger partial charge >= 0.3 is 0 Å². The van der Waals surface area contributed by atoms with Crippen molar-refractivity contribution in [1.29, 1.82) is 0 Å². The molecule has 3 aromatic heterocycles. The van der Waals surface area contributed by atoms with Gasteiger partial charge in [-0.1, -0.05) is 109 Å². The van der Waals surface area contributed by atoms with Gasteiger partial charge in [-0.25, -0.2) is 9.98 Å². The minimum absolute atomic E-state index is 0.416. The molecule has 10 rings (SSSR count). The molecule has 0 aliphatic carbocycles. The third-order valence-electron chi connectivity index (χ3n) is 9.22. The first-order chi connectivity index (χ1) is 23.8. The molecule has 9 aromatic rings. The number of hydrogen-bond donors (Lipinski definition) is 1. The van der Waals surface area contributed by atoms with Gasteiger partial charge < -0.3 is 14.2 Å². The maximum atomic E-state index is 6.39.